The van der Waals surface area contributed by atoms with Gasteiger partial charge in [-0.15, -0.1) is 0 Å². The summed E-state index contributed by atoms with van der Waals surface area (Å²) < 4.78 is 0. The largest absolute Gasteiger partial charge is 0.362 e. The van der Waals surface area contributed by atoms with Crippen LogP contribution in [0.15, 0.2) is 24.3 Å². The number of thiocarbonyl (C=S) groups is 2. The van der Waals surface area contributed by atoms with Gasteiger partial charge in [0.25, 0.3) is 0 Å². The average molecular weight is 417 g/mol. The van der Waals surface area contributed by atoms with Gasteiger partial charge >= 0.3 is 0 Å². The number of fused-ring (bicyclic) bond motifs is 4. The lowest BCUT2D eigenvalue weighted by atomic mass is 10.0. The van der Waals surface area contributed by atoms with Gasteiger partial charge in [-0.25, -0.2) is 0 Å². The van der Waals surface area contributed by atoms with E-state index in [0.717, 1.165) is 28.6 Å². The lowest BCUT2D eigenvalue weighted by Gasteiger charge is -2.27. The number of allylic oxidation sites excluding steroid dienone is 2. The van der Waals surface area contributed by atoms with E-state index in [1.165, 1.54) is 44.9 Å². The highest BCUT2D eigenvalue weighted by atomic mass is 32.1. The third kappa shape index (κ3) is 3.95. The highest BCUT2D eigenvalue weighted by Gasteiger charge is 2.37. The van der Waals surface area contributed by atoms with Crippen molar-refractivity contribution < 1.29 is 0 Å². The van der Waals surface area contributed by atoms with Crippen molar-refractivity contribution in [2.24, 2.45) is 29.6 Å². The molecule has 5 aliphatic carbocycles. The molecule has 0 aromatic rings. The molecule has 0 aromatic carbocycles. The molecule has 4 nitrogen and oxygen atoms in total. The van der Waals surface area contributed by atoms with Crippen LogP contribution in [0.5, 0.6) is 0 Å². The van der Waals surface area contributed by atoms with Gasteiger partial charge in [0.15, 0.2) is 10.2 Å². The van der Waals surface area contributed by atoms with Crippen LogP contribution in [0.25, 0.3) is 0 Å². The van der Waals surface area contributed by atoms with E-state index >= 15 is 0 Å². The van der Waals surface area contributed by atoms with Crippen LogP contribution in [0.3, 0.4) is 0 Å². The van der Waals surface area contributed by atoms with E-state index in [4.69, 9.17) is 24.4 Å². The van der Waals surface area contributed by atoms with E-state index in [-0.39, 0.29) is 0 Å². The fraction of sp³-hybridized carbons (Fsp3) is 0.727. The number of hydrogen-bond donors (Lipinski definition) is 4. The van der Waals surface area contributed by atoms with Crippen LogP contribution in [0, 0.1) is 29.6 Å². The molecule has 5 rings (SSSR count). The van der Waals surface area contributed by atoms with Gasteiger partial charge < -0.3 is 21.3 Å². The highest BCUT2D eigenvalue weighted by molar-refractivity contribution is 7.80. The summed E-state index contributed by atoms with van der Waals surface area (Å²) in [5.41, 5.74) is 0. The van der Waals surface area contributed by atoms with Crippen LogP contribution < -0.4 is 21.3 Å². The fourth-order valence-electron chi connectivity index (χ4n) is 6.19. The summed E-state index contributed by atoms with van der Waals surface area (Å²) in [5, 5.41) is 15.9. The minimum absolute atomic E-state index is 0.454. The predicted octanol–water partition coefficient (Wildman–Crippen LogP) is 3.01. The van der Waals surface area contributed by atoms with Gasteiger partial charge in [0.2, 0.25) is 0 Å². The van der Waals surface area contributed by atoms with Gasteiger partial charge in [0.1, 0.15) is 0 Å². The predicted molar refractivity (Wildman–Crippen MR) is 122 cm³/mol. The van der Waals surface area contributed by atoms with Gasteiger partial charge in [0, 0.05) is 24.7 Å². The molecule has 28 heavy (non-hydrogen) atoms. The molecule has 4 N–H and O–H groups in total. The number of hydrogen-bond acceptors (Lipinski definition) is 2. The highest BCUT2D eigenvalue weighted by Crippen LogP contribution is 2.39. The van der Waals surface area contributed by atoms with Crippen molar-refractivity contribution >= 4 is 34.7 Å². The summed E-state index contributed by atoms with van der Waals surface area (Å²) in [4.78, 5) is 0. The van der Waals surface area contributed by atoms with Crippen molar-refractivity contribution in [3.05, 3.63) is 24.3 Å². The second-order valence-corrected chi connectivity index (χ2v) is 10.4. The van der Waals surface area contributed by atoms with Crippen LogP contribution in [-0.2, 0) is 0 Å². The molecule has 0 heterocycles. The SMILES string of the molecule is S=C(NC[C@H]1CCC[C@H]1NC(=S)N[C@@H]1C[C@H]2C=C[C@H]1C2)N[C@@H]1C[C@H]2C=C[C@H]1C2. The van der Waals surface area contributed by atoms with Crippen molar-refractivity contribution in [2.75, 3.05) is 6.54 Å². The van der Waals surface area contributed by atoms with E-state index in [2.05, 4.69) is 45.6 Å². The van der Waals surface area contributed by atoms with Gasteiger partial charge in [-0.05, 0) is 92.6 Å². The van der Waals surface area contributed by atoms with Crippen molar-refractivity contribution in [1.29, 1.82) is 0 Å². The van der Waals surface area contributed by atoms with E-state index in [0.29, 0.717) is 35.9 Å². The van der Waals surface area contributed by atoms with Gasteiger partial charge in [0.05, 0.1) is 0 Å². The Labute approximate surface area is 179 Å². The molecule has 0 amide bonds. The van der Waals surface area contributed by atoms with E-state index in [1.807, 2.05) is 0 Å². The third-order valence-corrected chi connectivity index (χ3v) is 8.19. The molecule has 8 atom stereocenters. The first-order valence-electron chi connectivity index (χ1n) is 11.1. The Bertz CT molecular complexity index is 690. The van der Waals surface area contributed by atoms with E-state index < -0.39 is 0 Å². The van der Waals surface area contributed by atoms with Crippen LogP contribution in [0.1, 0.15) is 44.9 Å². The average Bonchev–Trinajstić information content (AvgIpc) is 3.47. The first-order valence-corrected chi connectivity index (χ1v) is 11.9. The summed E-state index contributed by atoms with van der Waals surface area (Å²) in [6.45, 7) is 0.930. The molecule has 0 aromatic heterocycles. The number of rotatable bonds is 5. The zero-order chi connectivity index (χ0) is 19.1. The van der Waals surface area contributed by atoms with E-state index in [9.17, 15) is 0 Å². The smallest absolute Gasteiger partial charge is 0.166 e. The zero-order valence-corrected chi connectivity index (χ0v) is 18.0. The maximum atomic E-state index is 5.65. The van der Waals surface area contributed by atoms with E-state index in [1.54, 1.807) is 0 Å². The molecule has 0 spiro atoms. The molecule has 5 aliphatic rings. The molecule has 0 radical (unpaired) electrons. The second-order valence-electron chi connectivity index (χ2n) is 9.54. The Balaban J connectivity index is 1.05. The summed E-state index contributed by atoms with van der Waals surface area (Å²) in [6, 6.07) is 1.51. The number of nitrogens with one attached hydrogen (secondary N) is 4. The molecule has 3 saturated carbocycles. The van der Waals surface area contributed by atoms with Gasteiger partial charge in [-0.1, -0.05) is 30.7 Å². The van der Waals surface area contributed by atoms with Crippen LogP contribution in [0.2, 0.25) is 0 Å². The minimum Gasteiger partial charge on any atom is -0.362 e. The molecular formula is C22H32N4S2. The molecule has 0 unspecified atom stereocenters. The third-order valence-electron chi connectivity index (χ3n) is 7.69. The quantitative estimate of drug-likeness (QED) is 0.408. The summed E-state index contributed by atoms with van der Waals surface area (Å²) >= 11 is 11.2. The monoisotopic (exact) mass is 416 g/mol. The Morgan fingerprint density at radius 1 is 0.714 bits per heavy atom. The molecule has 0 saturated heterocycles. The Kier molecular flexibility index (Phi) is 5.35. The van der Waals surface area contributed by atoms with Crippen LogP contribution in [0.4, 0.5) is 0 Å². The standard InChI is InChI=1S/C22H32N4S2/c27-21(25-19-10-13-4-6-15(19)8-13)23-12-17-2-1-3-18(17)24-22(28)26-20-11-14-5-7-16(20)9-14/h4-7,13-20H,1-3,8-12H2,(H2,23,25,27)(H2,24,26,28)/t13-,14-,15-,16-,17+,18+,19+,20+/m0/s1. The normalized spacial score (nSPS) is 42.1. The van der Waals surface area contributed by atoms with Gasteiger partial charge in [-0.2, -0.15) is 0 Å². The van der Waals surface area contributed by atoms with Crippen molar-refractivity contribution in [1.82, 2.24) is 21.3 Å². The minimum atomic E-state index is 0.454. The molecule has 4 bridgehead atoms. The van der Waals surface area contributed by atoms with Crippen molar-refractivity contribution in [3.63, 3.8) is 0 Å². The fourth-order valence-corrected chi connectivity index (χ4v) is 6.72. The first kappa shape index (κ1) is 18.9. The Morgan fingerprint density at radius 3 is 1.89 bits per heavy atom. The first-order chi connectivity index (χ1) is 13.6. The molecule has 3 fully saturated rings. The molecule has 152 valence electrons. The second kappa shape index (κ2) is 7.94. The zero-order valence-electron chi connectivity index (χ0n) is 16.4. The molecule has 6 heteroatoms. The molecular weight excluding hydrogens is 384 g/mol. The lowest BCUT2D eigenvalue weighted by molar-refractivity contribution is 0.431. The lowest BCUT2D eigenvalue weighted by Crippen LogP contribution is -2.50. The maximum Gasteiger partial charge on any atom is 0.166 e. The summed E-state index contributed by atoms with van der Waals surface area (Å²) in [6.07, 6.45) is 18.3. The maximum absolute atomic E-state index is 5.65. The summed E-state index contributed by atoms with van der Waals surface area (Å²) in [5.74, 6) is 3.48. The van der Waals surface area contributed by atoms with Crippen molar-refractivity contribution in [3.8, 4) is 0 Å². The van der Waals surface area contributed by atoms with Gasteiger partial charge in [-0.3, -0.25) is 0 Å². The van der Waals surface area contributed by atoms with Crippen molar-refractivity contribution in [2.45, 2.75) is 63.1 Å². The summed E-state index contributed by atoms with van der Waals surface area (Å²) in [7, 11) is 0. The molecule has 0 aliphatic heterocycles. The van der Waals surface area contributed by atoms with Crippen LogP contribution in [-0.4, -0.2) is 34.9 Å². The Morgan fingerprint density at radius 2 is 1.32 bits per heavy atom. The van der Waals surface area contributed by atoms with Crippen LogP contribution >= 0.6 is 24.4 Å². The topological polar surface area (TPSA) is 48.1 Å². The Hall–Kier alpha value is -1.14.